The summed E-state index contributed by atoms with van der Waals surface area (Å²) in [6.07, 6.45) is 5.51. The molecule has 7 nitrogen and oxygen atoms in total. The van der Waals surface area contributed by atoms with Crippen LogP contribution in [0.1, 0.15) is 87.8 Å². The Bertz CT molecular complexity index is 1250. The average Bonchev–Trinajstić information content (AvgIpc) is 3.49. The minimum absolute atomic E-state index is 0.0615. The highest BCUT2D eigenvalue weighted by Crippen LogP contribution is 2.44. The van der Waals surface area contributed by atoms with Crippen molar-refractivity contribution in [3.63, 3.8) is 0 Å². The minimum atomic E-state index is -0.118. The van der Waals surface area contributed by atoms with Crippen LogP contribution < -0.4 is 4.74 Å². The van der Waals surface area contributed by atoms with Crippen LogP contribution in [0.15, 0.2) is 24.5 Å². The topological polar surface area (TPSA) is 80.5 Å². The van der Waals surface area contributed by atoms with E-state index in [-0.39, 0.29) is 29.9 Å². The third kappa shape index (κ3) is 5.81. The van der Waals surface area contributed by atoms with Gasteiger partial charge < -0.3 is 19.3 Å². The van der Waals surface area contributed by atoms with E-state index in [0.29, 0.717) is 11.6 Å². The maximum absolute atomic E-state index is 13.0. The SMILES string of the molecule is COc1c(C(C)(C)C)cc(-c2ncc(C3CCN(C(=O)Cn4c(CO)cnc4C)CC3)s2)cc1C(C)(C)C. The molecular formula is C30H42N4O3S. The summed E-state index contributed by atoms with van der Waals surface area (Å²) in [5, 5.41) is 10.6. The molecule has 1 aliphatic rings. The van der Waals surface area contributed by atoms with E-state index in [0.717, 1.165) is 48.1 Å². The van der Waals surface area contributed by atoms with E-state index in [9.17, 15) is 9.90 Å². The molecule has 206 valence electrons. The van der Waals surface area contributed by atoms with E-state index < -0.39 is 0 Å². The fourth-order valence-electron chi connectivity index (χ4n) is 5.20. The van der Waals surface area contributed by atoms with Crippen molar-refractivity contribution in [3.05, 3.63) is 52.0 Å². The number of aryl methyl sites for hydroxylation is 1. The number of hydrogen-bond donors (Lipinski definition) is 1. The first-order valence-corrected chi connectivity index (χ1v) is 14.2. The lowest BCUT2D eigenvalue weighted by molar-refractivity contribution is -0.133. The molecule has 0 saturated carbocycles. The summed E-state index contributed by atoms with van der Waals surface area (Å²) in [5.41, 5.74) is 4.08. The number of likely N-dealkylation sites (tertiary alicyclic amines) is 1. The highest BCUT2D eigenvalue weighted by atomic mass is 32.1. The lowest BCUT2D eigenvalue weighted by Gasteiger charge is -2.31. The number of piperidine rings is 1. The number of methoxy groups -OCH3 is 1. The fraction of sp³-hybridized carbons (Fsp3) is 0.567. The predicted molar refractivity (Wildman–Crippen MR) is 153 cm³/mol. The number of hydrogen-bond acceptors (Lipinski definition) is 6. The third-order valence-electron chi connectivity index (χ3n) is 7.52. The van der Waals surface area contributed by atoms with E-state index in [1.807, 2.05) is 18.0 Å². The Kier molecular flexibility index (Phi) is 8.05. The molecule has 0 spiro atoms. The molecule has 1 aromatic carbocycles. The first kappa shape index (κ1) is 28.3. The van der Waals surface area contributed by atoms with Crippen LogP contribution in [0.3, 0.4) is 0 Å². The number of aromatic nitrogens is 3. The molecule has 1 aliphatic heterocycles. The van der Waals surface area contributed by atoms with E-state index in [4.69, 9.17) is 9.72 Å². The summed E-state index contributed by atoms with van der Waals surface area (Å²) in [6, 6.07) is 4.49. The Balaban J connectivity index is 1.51. The van der Waals surface area contributed by atoms with Gasteiger partial charge in [-0.25, -0.2) is 9.97 Å². The zero-order valence-corrected chi connectivity index (χ0v) is 24.9. The van der Waals surface area contributed by atoms with E-state index in [1.165, 1.54) is 16.0 Å². The molecule has 0 aliphatic carbocycles. The number of nitrogens with zero attached hydrogens (tertiary/aromatic N) is 4. The predicted octanol–water partition coefficient (Wildman–Crippen LogP) is 5.82. The smallest absolute Gasteiger partial charge is 0.242 e. The molecule has 1 amide bonds. The van der Waals surface area contributed by atoms with Crippen LogP contribution in [0.5, 0.6) is 5.75 Å². The summed E-state index contributed by atoms with van der Waals surface area (Å²) >= 11 is 1.77. The maximum Gasteiger partial charge on any atom is 0.242 e. The van der Waals surface area contributed by atoms with E-state index in [1.54, 1.807) is 29.2 Å². The van der Waals surface area contributed by atoms with Crippen molar-refractivity contribution in [1.82, 2.24) is 19.4 Å². The maximum atomic E-state index is 13.0. The van der Waals surface area contributed by atoms with Gasteiger partial charge in [0.1, 0.15) is 23.1 Å². The summed E-state index contributed by atoms with van der Waals surface area (Å²) in [5.74, 6) is 2.19. The van der Waals surface area contributed by atoms with Gasteiger partial charge in [-0.3, -0.25) is 4.79 Å². The molecule has 0 unspecified atom stereocenters. The molecule has 0 radical (unpaired) electrons. The van der Waals surface area contributed by atoms with Gasteiger partial charge in [0, 0.05) is 40.9 Å². The Morgan fingerprint density at radius 3 is 2.18 bits per heavy atom. The highest BCUT2D eigenvalue weighted by molar-refractivity contribution is 7.15. The highest BCUT2D eigenvalue weighted by Gasteiger charge is 2.29. The number of ether oxygens (including phenoxy) is 1. The number of amides is 1. The summed E-state index contributed by atoms with van der Waals surface area (Å²) in [7, 11) is 1.76. The van der Waals surface area contributed by atoms with Crippen molar-refractivity contribution in [3.8, 4) is 16.3 Å². The van der Waals surface area contributed by atoms with Crippen molar-refractivity contribution in [1.29, 1.82) is 0 Å². The molecule has 1 N–H and O–H groups in total. The van der Waals surface area contributed by atoms with Crippen LogP contribution in [0, 0.1) is 6.92 Å². The van der Waals surface area contributed by atoms with Crippen molar-refractivity contribution in [2.24, 2.45) is 0 Å². The molecule has 4 rings (SSSR count). The molecule has 0 bridgehead atoms. The number of imidazole rings is 1. The molecule has 1 saturated heterocycles. The monoisotopic (exact) mass is 538 g/mol. The Labute approximate surface area is 230 Å². The Hall–Kier alpha value is -2.71. The largest absolute Gasteiger partial charge is 0.496 e. The lowest BCUT2D eigenvalue weighted by Crippen LogP contribution is -2.40. The summed E-state index contributed by atoms with van der Waals surface area (Å²) in [4.78, 5) is 25.3. The van der Waals surface area contributed by atoms with E-state index in [2.05, 4.69) is 58.7 Å². The molecule has 1 fully saturated rings. The number of aliphatic hydroxyl groups excluding tert-OH is 1. The second-order valence-electron chi connectivity index (χ2n) is 12.4. The number of thiazole rings is 1. The molecule has 2 aromatic heterocycles. The van der Waals surface area contributed by atoms with Gasteiger partial charge in [0.15, 0.2) is 0 Å². The van der Waals surface area contributed by atoms with Crippen LogP contribution in [0.2, 0.25) is 0 Å². The molecule has 38 heavy (non-hydrogen) atoms. The Morgan fingerprint density at radius 1 is 1.05 bits per heavy atom. The molecule has 8 heteroatoms. The molecule has 3 heterocycles. The van der Waals surface area contributed by atoms with Crippen molar-refractivity contribution >= 4 is 17.2 Å². The lowest BCUT2D eigenvalue weighted by atomic mass is 9.78. The van der Waals surface area contributed by atoms with Crippen LogP contribution in [-0.2, 0) is 28.8 Å². The zero-order valence-electron chi connectivity index (χ0n) is 24.1. The standard InChI is InChI=1S/C30H42N4O3S/c1-19-31-15-22(18-35)34(19)17-26(36)33-11-9-20(10-12-33)25-16-32-28(38-25)21-13-23(29(2,3)4)27(37-8)24(14-21)30(5,6)7/h13-16,20,35H,9-12,17-18H2,1-8H3. The Morgan fingerprint density at radius 2 is 1.66 bits per heavy atom. The van der Waals surface area contributed by atoms with Crippen molar-refractivity contribution < 1.29 is 14.6 Å². The van der Waals surface area contributed by atoms with Gasteiger partial charge in [-0.15, -0.1) is 11.3 Å². The summed E-state index contributed by atoms with van der Waals surface area (Å²) in [6.45, 7) is 16.8. The van der Waals surface area contributed by atoms with Gasteiger partial charge in [-0.2, -0.15) is 0 Å². The summed E-state index contributed by atoms with van der Waals surface area (Å²) < 4.78 is 7.74. The van der Waals surface area contributed by atoms with Crippen LogP contribution >= 0.6 is 11.3 Å². The van der Waals surface area contributed by atoms with Gasteiger partial charge in [0.05, 0.1) is 25.6 Å². The first-order chi connectivity index (χ1) is 17.8. The first-order valence-electron chi connectivity index (χ1n) is 13.4. The van der Waals surface area contributed by atoms with Crippen LogP contribution in [-0.4, -0.2) is 50.6 Å². The molecular weight excluding hydrogens is 496 g/mol. The second-order valence-corrected chi connectivity index (χ2v) is 13.4. The fourth-order valence-corrected chi connectivity index (χ4v) is 6.27. The second kappa shape index (κ2) is 10.8. The minimum Gasteiger partial charge on any atom is -0.496 e. The normalized spacial score (nSPS) is 15.2. The molecule has 3 aromatic rings. The quantitative estimate of drug-likeness (QED) is 0.428. The number of carbonyl (C=O) groups is 1. The van der Waals surface area contributed by atoms with Crippen molar-refractivity contribution in [2.75, 3.05) is 20.2 Å². The average molecular weight is 539 g/mol. The van der Waals surface area contributed by atoms with Gasteiger partial charge in [0.25, 0.3) is 0 Å². The number of carbonyl (C=O) groups excluding carboxylic acids is 1. The van der Waals surface area contributed by atoms with Gasteiger partial charge >= 0.3 is 0 Å². The molecule has 0 atom stereocenters. The van der Waals surface area contributed by atoms with Gasteiger partial charge in [-0.05, 0) is 48.6 Å². The number of aliphatic hydroxyl groups is 1. The van der Waals surface area contributed by atoms with Crippen molar-refractivity contribution in [2.45, 2.75) is 91.2 Å². The van der Waals surface area contributed by atoms with Crippen LogP contribution in [0.25, 0.3) is 10.6 Å². The van der Waals surface area contributed by atoms with Crippen LogP contribution in [0.4, 0.5) is 0 Å². The van der Waals surface area contributed by atoms with E-state index >= 15 is 0 Å². The number of benzene rings is 1. The number of rotatable bonds is 6. The van der Waals surface area contributed by atoms with Gasteiger partial charge in [-0.1, -0.05) is 41.5 Å². The van der Waals surface area contributed by atoms with Gasteiger partial charge in [0.2, 0.25) is 5.91 Å². The third-order valence-corrected chi connectivity index (χ3v) is 8.73. The zero-order chi connectivity index (χ0) is 27.8.